The van der Waals surface area contributed by atoms with E-state index in [0.29, 0.717) is 5.69 Å². The van der Waals surface area contributed by atoms with Crippen LogP contribution < -0.4 is 5.73 Å². The first kappa shape index (κ1) is 12.1. The van der Waals surface area contributed by atoms with Gasteiger partial charge < -0.3 is 5.73 Å². The lowest BCUT2D eigenvalue weighted by molar-refractivity contribution is 0.580. The van der Waals surface area contributed by atoms with Gasteiger partial charge in [-0.2, -0.15) is 0 Å². The van der Waals surface area contributed by atoms with Gasteiger partial charge in [0.05, 0.1) is 15.7 Å². The van der Waals surface area contributed by atoms with Crippen molar-refractivity contribution in [2.75, 3.05) is 0 Å². The van der Waals surface area contributed by atoms with E-state index in [1.54, 1.807) is 6.07 Å². The molecule has 0 atom stereocenters. The zero-order valence-corrected chi connectivity index (χ0v) is 10.2. The number of benzene rings is 1. The summed E-state index contributed by atoms with van der Waals surface area (Å²) in [6.45, 7) is 0.236. The SMILES string of the molecule is NCc1ccnc(-c2cc(Br)c(F)cc2F)n1. The van der Waals surface area contributed by atoms with Crippen LogP contribution in [0.5, 0.6) is 0 Å². The largest absolute Gasteiger partial charge is 0.325 e. The first-order valence-corrected chi connectivity index (χ1v) is 5.58. The molecule has 0 spiro atoms. The summed E-state index contributed by atoms with van der Waals surface area (Å²) in [6, 6.07) is 3.73. The number of nitrogens with zero attached hydrogens (tertiary/aromatic N) is 2. The van der Waals surface area contributed by atoms with E-state index in [4.69, 9.17) is 5.73 Å². The zero-order chi connectivity index (χ0) is 12.4. The molecule has 0 aliphatic heterocycles. The number of aromatic nitrogens is 2. The van der Waals surface area contributed by atoms with Gasteiger partial charge in [0.2, 0.25) is 0 Å². The van der Waals surface area contributed by atoms with E-state index >= 15 is 0 Å². The molecule has 0 aliphatic rings. The smallest absolute Gasteiger partial charge is 0.162 e. The fraction of sp³-hybridized carbons (Fsp3) is 0.0909. The van der Waals surface area contributed by atoms with Crippen LogP contribution in [0.25, 0.3) is 11.4 Å². The average Bonchev–Trinajstić information content (AvgIpc) is 2.34. The molecule has 88 valence electrons. The molecule has 6 heteroatoms. The minimum absolute atomic E-state index is 0.133. The highest BCUT2D eigenvalue weighted by Crippen LogP contribution is 2.26. The van der Waals surface area contributed by atoms with Gasteiger partial charge in [0, 0.05) is 18.8 Å². The molecule has 0 bridgehead atoms. The van der Waals surface area contributed by atoms with Gasteiger partial charge in [-0.25, -0.2) is 18.7 Å². The number of rotatable bonds is 2. The predicted molar refractivity (Wildman–Crippen MR) is 63.0 cm³/mol. The number of hydrogen-bond acceptors (Lipinski definition) is 3. The standard InChI is InChI=1S/C11H8BrF2N3/c12-8-3-7(9(13)4-10(8)14)11-16-2-1-6(5-15)17-11/h1-4H,5,15H2. The van der Waals surface area contributed by atoms with Gasteiger partial charge in [-0.15, -0.1) is 0 Å². The molecule has 2 rings (SSSR count). The Morgan fingerprint density at radius 2 is 2.00 bits per heavy atom. The maximum absolute atomic E-state index is 13.6. The van der Waals surface area contributed by atoms with E-state index in [9.17, 15) is 8.78 Å². The van der Waals surface area contributed by atoms with E-state index in [1.807, 2.05) is 0 Å². The van der Waals surface area contributed by atoms with Crippen molar-refractivity contribution < 1.29 is 8.78 Å². The number of nitrogens with two attached hydrogens (primary N) is 1. The van der Waals surface area contributed by atoms with Gasteiger partial charge in [-0.3, -0.25) is 0 Å². The van der Waals surface area contributed by atoms with E-state index in [2.05, 4.69) is 25.9 Å². The summed E-state index contributed by atoms with van der Waals surface area (Å²) in [5.74, 6) is -1.19. The average molecular weight is 300 g/mol. The van der Waals surface area contributed by atoms with Gasteiger partial charge >= 0.3 is 0 Å². The van der Waals surface area contributed by atoms with Gasteiger partial charge in [-0.05, 0) is 28.1 Å². The summed E-state index contributed by atoms with van der Waals surface area (Å²) in [7, 11) is 0. The first-order valence-electron chi connectivity index (χ1n) is 4.78. The summed E-state index contributed by atoms with van der Waals surface area (Å²) < 4.78 is 26.8. The zero-order valence-electron chi connectivity index (χ0n) is 8.62. The third kappa shape index (κ3) is 2.48. The Hall–Kier alpha value is -1.40. The van der Waals surface area contributed by atoms with Crippen LogP contribution in [0.3, 0.4) is 0 Å². The van der Waals surface area contributed by atoms with Gasteiger partial charge in [0.1, 0.15) is 11.6 Å². The molecule has 0 fully saturated rings. The van der Waals surface area contributed by atoms with Gasteiger partial charge in [-0.1, -0.05) is 0 Å². The van der Waals surface area contributed by atoms with E-state index < -0.39 is 11.6 Å². The predicted octanol–water partition coefficient (Wildman–Crippen LogP) is 2.64. The molecule has 0 aliphatic carbocycles. The third-order valence-electron chi connectivity index (χ3n) is 2.17. The van der Waals surface area contributed by atoms with Gasteiger partial charge in [0.15, 0.2) is 5.82 Å². The molecule has 3 nitrogen and oxygen atoms in total. The number of halogens is 3. The molecule has 17 heavy (non-hydrogen) atoms. The van der Waals surface area contributed by atoms with Crippen LogP contribution in [0, 0.1) is 11.6 Å². The Bertz CT molecular complexity index is 560. The Kier molecular flexibility index (Phi) is 3.44. The molecule has 0 unspecified atom stereocenters. The van der Waals surface area contributed by atoms with E-state index in [-0.39, 0.29) is 22.4 Å². The third-order valence-corrected chi connectivity index (χ3v) is 2.78. The van der Waals surface area contributed by atoms with Crippen LogP contribution in [-0.4, -0.2) is 9.97 Å². The lowest BCUT2D eigenvalue weighted by Gasteiger charge is -2.05. The van der Waals surface area contributed by atoms with Crippen LogP contribution in [-0.2, 0) is 6.54 Å². The fourth-order valence-corrected chi connectivity index (χ4v) is 1.68. The highest BCUT2D eigenvalue weighted by Gasteiger charge is 2.12. The Labute approximate surface area is 105 Å². The summed E-state index contributed by atoms with van der Waals surface area (Å²) in [6.07, 6.45) is 1.49. The van der Waals surface area contributed by atoms with Crippen LogP contribution in [0.2, 0.25) is 0 Å². The normalized spacial score (nSPS) is 10.6. The van der Waals surface area contributed by atoms with Crippen molar-refractivity contribution in [3.63, 3.8) is 0 Å². The second-order valence-electron chi connectivity index (χ2n) is 3.32. The van der Waals surface area contributed by atoms with Crippen molar-refractivity contribution in [3.8, 4) is 11.4 Å². The summed E-state index contributed by atoms with van der Waals surface area (Å²) in [4.78, 5) is 8.01. The molecular formula is C11H8BrF2N3. The minimum Gasteiger partial charge on any atom is -0.325 e. The van der Waals surface area contributed by atoms with Crippen molar-refractivity contribution in [2.45, 2.75) is 6.54 Å². The molecule has 0 amide bonds. The maximum atomic E-state index is 13.6. The molecule has 1 aromatic carbocycles. The lowest BCUT2D eigenvalue weighted by Crippen LogP contribution is -2.02. The van der Waals surface area contributed by atoms with Crippen molar-refractivity contribution >= 4 is 15.9 Å². The Morgan fingerprint density at radius 1 is 1.24 bits per heavy atom. The quantitative estimate of drug-likeness (QED) is 0.867. The maximum Gasteiger partial charge on any atom is 0.162 e. The summed E-state index contributed by atoms with van der Waals surface area (Å²) >= 11 is 2.99. The van der Waals surface area contributed by atoms with Crippen LogP contribution >= 0.6 is 15.9 Å². The summed E-state index contributed by atoms with van der Waals surface area (Å²) in [5.41, 5.74) is 6.16. The summed E-state index contributed by atoms with van der Waals surface area (Å²) in [5, 5.41) is 0. The molecule has 2 aromatic rings. The Morgan fingerprint density at radius 3 is 2.71 bits per heavy atom. The van der Waals surface area contributed by atoms with Crippen molar-refractivity contribution in [2.24, 2.45) is 5.73 Å². The molecule has 0 saturated carbocycles. The molecule has 0 saturated heterocycles. The lowest BCUT2D eigenvalue weighted by atomic mass is 10.2. The second-order valence-corrected chi connectivity index (χ2v) is 4.18. The Balaban J connectivity index is 2.56. The van der Waals surface area contributed by atoms with Crippen LogP contribution in [0.15, 0.2) is 28.9 Å². The van der Waals surface area contributed by atoms with Gasteiger partial charge in [0.25, 0.3) is 0 Å². The number of hydrogen-bond donors (Lipinski definition) is 1. The highest BCUT2D eigenvalue weighted by atomic mass is 79.9. The topological polar surface area (TPSA) is 51.8 Å². The fourth-order valence-electron chi connectivity index (χ4n) is 1.33. The first-order chi connectivity index (χ1) is 8.11. The van der Waals surface area contributed by atoms with Crippen molar-refractivity contribution in [1.82, 2.24) is 9.97 Å². The van der Waals surface area contributed by atoms with Crippen LogP contribution in [0.4, 0.5) is 8.78 Å². The molecule has 1 heterocycles. The van der Waals surface area contributed by atoms with E-state index in [0.717, 1.165) is 6.07 Å². The minimum atomic E-state index is -0.708. The van der Waals surface area contributed by atoms with Crippen molar-refractivity contribution in [3.05, 3.63) is 46.2 Å². The monoisotopic (exact) mass is 299 g/mol. The van der Waals surface area contributed by atoms with Crippen LogP contribution in [0.1, 0.15) is 5.69 Å². The molecule has 0 radical (unpaired) electrons. The highest BCUT2D eigenvalue weighted by molar-refractivity contribution is 9.10. The molecule has 1 aromatic heterocycles. The van der Waals surface area contributed by atoms with E-state index in [1.165, 1.54) is 12.3 Å². The second kappa shape index (κ2) is 4.85. The molecule has 2 N–H and O–H groups in total. The molecular weight excluding hydrogens is 292 g/mol. The van der Waals surface area contributed by atoms with Crippen molar-refractivity contribution in [1.29, 1.82) is 0 Å².